The van der Waals surface area contributed by atoms with Crippen LogP contribution in [0, 0.1) is 0 Å². The van der Waals surface area contributed by atoms with E-state index < -0.39 is 30.7 Å². The largest absolute Gasteiger partial charge is 0.494 e. The molecule has 6 nitrogen and oxygen atoms in total. The molecule has 2 aliphatic heterocycles. The smallest absolute Gasteiger partial charge is 0.221 e. The molecule has 4 atom stereocenters. The Bertz CT molecular complexity index is 943. The number of hydrogen-bond acceptors (Lipinski definition) is 6. The highest BCUT2D eigenvalue weighted by Gasteiger charge is 2.54. The standard InChI is InChI=1S/C23H25ClO6/c1-3-28-17-6-4-14(5-7-17)8-15-9-18-16(10-19(15)24)12-29-23(18)13(2)21(26)22(27)20(11-25)30-23/h4-7,9-10,20-22,25-27H,2-3,8,11-12H2,1H3/t20-,21-,22-,23-/m1/s1. The first-order valence-electron chi connectivity index (χ1n) is 9.91. The molecule has 2 aromatic rings. The molecule has 2 heterocycles. The number of benzene rings is 2. The van der Waals surface area contributed by atoms with Gasteiger partial charge in [-0.2, -0.15) is 0 Å². The van der Waals surface area contributed by atoms with Crippen LogP contribution in [0.15, 0.2) is 48.6 Å². The van der Waals surface area contributed by atoms with E-state index in [9.17, 15) is 15.3 Å². The third-order valence-electron chi connectivity index (χ3n) is 5.67. The van der Waals surface area contributed by atoms with Crippen molar-refractivity contribution in [1.82, 2.24) is 0 Å². The van der Waals surface area contributed by atoms with E-state index in [1.807, 2.05) is 43.3 Å². The summed E-state index contributed by atoms with van der Waals surface area (Å²) in [5.41, 5.74) is 3.62. The van der Waals surface area contributed by atoms with E-state index in [0.29, 0.717) is 23.6 Å². The maximum atomic E-state index is 10.5. The minimum atomic E-state index is -1.43. The van der Waals surface area contributed by atoms with E-state index in [2.05, 4.69) is 6.58 Å². The molecule has 1 fully saturated rings. The van der Waals surface area contributed by atoms with Crippen molar-refractivity contribution in [2.45, 2.75) is 44.1 Å². The van der Waals surface area contributed by atoms with Gasteiger partial charge >= 0.3 is 0 Å². The number of aliphatic hydroxyl groups is 3. The van der Waals surface area contributed by atoms with Gasteiger partial charge in [0.25, 0.3) is 0 Å². The van der Waals surface area contributed by atoms with Gasteiger partial charge in [-0.15, -0.1) is 0 Å². The van der Waals surface area contributed by atoms with Crippen LogP contribution in [0.25, 0.3) is 0 Å². The van der Waals surface area contributed by atoms with E-state index in [0.717, 1.165) is 22.4 Å². The summed E-state index contributed by atoms with van der Waals surface area (Å²) in [6.45, 7) is 6.23. The number of hydrogen-bond donors (Lipinski definition) is 3. The fourth-order valence-electron chi connectivity index (χ4n) is 4.04. The maximum Gasteiger partial charge on any atom is 0.221 e. The van der Waals surface area contributed by atoms with Gasteiger partial charge in [0.2, 0.25) is 5.79 Å². The summed E-state index contributed by atoms with van der Waals surface area (Å²) in [6, 6.07) is 11.5. The fraction of sp³-hybridized carbons (Fsp3) is 0.391. The van der Waals surface area contributed by atoms with Crippen LogP contribution in [0.4, 0.5) is 0 Å². The Kier molecular flexibility index (Phi) is 5.90. The molecule has 1 saturated heterocycles. The van der Waals surface area contributed by atoms with Crippen molar-refractivity contribution in [2.24, 2.45) is 0 Å². The van der Waals surface area contributed by atoms with Gasteiger partial charge in [0.05, 0.1) is 19.8 Å². The molecule has 0 aliphatic carbocycles. The second-order valence-corrected chi connectivity index (χ2v) is 7.97. The van der Waals surface area contributed by atoms with Crippen LogP contribution < -0.4 is 4.74 Å². The molecule has 0 saturated carbocycles. The Morgan fingerprint density at radius 2 is 1.97 bits per heavy atom. The molecule has 0 unspecified atom stereocenters. The second kappa shape index (κ2) is 8.30. The summed E-state index contributed by atoms with van der Waals surface area (Å²) in [7, 11) is 0. The molecule has 0 radical (unpaired) electrons. The number of fused-ring (bicyclic) bond motifs is 2. The summed E-state index contributed by atoms with van der Waals surface area (Å²) in [5, 5.41) is 30.8. The summed E-state index contributed by atoms with van der Waals surface area (Å²) in [6.07, 6.45) is -2.99. The average molecular weight is 433 g/mol. The highest BCUT2D eigenvalue weighted by Crippen LogP contribution is 2.49. The predicted molar refractivity (Wildman–Crippen MR) is 111 cm³/mol. The topological polar surface area (TPSA) is 88.4 Å². The summed E-state index contributed by atoms with van der Waals surface area (Å²) in [5.74, 6) is -0.623. The molecule has 0 bridgehead atoms. The Morgan fingerprint density at radius 3 is 2.63 bits per heavy atom. The normalized spacial score (nSPS) is 28.0. The van der Waals surface area contributed by atoms with Crippen LogP contribution in [-0.4, -0.2) is 46.8 Å². The lowest BCUT2D eigenvalue weighted by Gasteiger charge is -2.44. The maximum absolute atomic E-state index is 10.5. The van der Waals surface area contributed by atoms with Gasteiger partial charge in [-0.25, -0.2) is 0 Å². The van der Waals surface area contributed by atoms with Gasteiger partial charge in [-0.05, 0) is 54.3 Å². The monoisotopic (exact) mass is 432 g/mol. The quantitative estimate of drug-likeness (QED) is 0.629. The molecule has 0 aromatic heterocycles. The Hall–Kier alpha value is -1.93. The highest BCUT2D eigenvalue weighted by atomic mass is 35.5. The lowest BCUT2D eigenvalue weighted by atomic mass is 9.85. The zero-order valence-corrected chi connectivity index (χ0v) is 17.4. The molecule has 160 valence electrons. The van der Waals surface area contributed by atoms with Crippen LogP contribution in [0.1, 0.15) is 29.2 Å². The number of aliphatic hydroxyl groups excluding tert-OH is 3. The third-order valence-corrected chi connectivity index (χ3v) is 6.02. The van der Waals surface area contributed by atoms with Crippen molar-refractivity contribution in [3.05, 3.63) is 75.8 Å². The van der Waals surface area contributed by atoms with Crippen molar-refractivity contribution in [1.29, 1.82) is 0 Å². The molecular formula is C23H25ClO6. The number of rotatable bonds is 5. The van der Waals surface area contributed by atoms with Crippen molar-refractivity contribution in [3.8, 4) is 5.75 Å². The minimum Gasteiger partial charge on any atom is -0.494 e. The van der Waals surface area contributed by atoms with Gasteiger partial charge in [0, 0.05) is 16.2 Å². The molecule has 2 aromatic carbocycles. The summed E-state index contributed by atoms with van der Waals surface area (Å²) >= 11 is 6.54. The van der Waals surface area contributed by atoms with Gasteiger partial charge in [-0.3, -0.25) is 0 Å². The third kappa shape index (κ3) is 3.54. The van der Waals surface area contributed by atoms with E-state index in [1.54, 1.807) is 0 Å². The molecular weight excluding hydrogens is 408 g/mol. The lowest BCUT2D eigenvalue weighted by Crippen LogP contribution is -2.55. The molecule has 7 heteroatoms. The molecule has 4 rings (SSSR count). The summed E-state index contributed by atoms with van der Waals surface area (Å²) < 4.78 is 17.4. The van der Waals surface area contributed by atoms with E-state index in [-0.39, 0.29) is 12.2 Å². The van der Waals surface area contributed by atoms with Crippen LogP contribution in [0.2, 0.25) is 5.02 Å². The number of halogens is 1. The van der Waals surface area contributed by atoms with Crippen molar-refractivity contribution in [2.75, 3.05) is 13.2 Å². The van der Waals surface area contributed by atoms with E-state index >= 15 is 0 Å². The van der Waals surface area contributed by atoms with Gasteiger partial charge in [0.15, 0.2) is 0 Å². The number of ether oxygens (including phenoxy) is 3. The first kappa shape index (κ1) is 21.3. The Morgan fingerprint density at radius 1 is 1.23 bits per heavy atom. The zero-order valence-electron chi connectivity index (χ0n) is 16.7. The molecule has 30 heavy (non-hydrogen) atoms. The Labute approximate surface area is 180 Å². The second-order valence-electron chi connectivity index (χ2n) is 7.56. The molecule has 2 aliphatic rings. The van der Waals surface area contributed by atoms with Gasteiger partial charge in [0.1, 0.15) is 24.1 Å². The molecule has 1 spiro atoms. The Balaban J connectivity index is 1.68. The van der Waals surface area contributed by atoms with Crippen LogP contribution in [0.3, 0.4) is 0 Å². The fourth-order valence-corrected chi connectivity index (χ4v) is 4.29. The van der Waals surface area contributed by atoms with Crippen molar-refractivity contribution >= 4 is 11.6 Å². The summed E-state index contributed by atoms with van der Waals surface area (Å²) in [4.78, 5) is 0. The minimum absolute atomic E-state index is 0.202. The SMILES string of the molecule is C=C1[C@@H](O)[C@H](O)[C@@H](CO)O[C@]12OCc1cc(Cl)c(Cc3ccc(OCC)cc3)cc12. The first-order valence-corrected chi connectivity index (χ1v) is 10.3. The van der Waals surface area contributed by atoms with E-state index in [1.165, 1.54) is 0 Å². The highest BCUT2D eigenvalue weighted by molar-refractivity contribution is 6.31. The first-order chi connectivity index (χ1) is 14.4. The van der Waals surface area contributed by atoms with E-state index in [4.69, 9.17) is 25.8 Å². The van der Waals surface area contributed by atoms with Gasteiger partial charge < -0.3 is 29.5 Å². The van der Waals surface area contributed by atoms with Crippen LogP contribution in [-0.2, 0) is 28.3 Å². The van der Waals surface area contributed by atoms with Crippen molar-refractivity contribution in [3.63, 3.8) is 0 Å². The van der Waals surface area contributed by atoms with Crippen LogP contribution in [0.5, 0.6) is 5.75 Å². The predicted octanol–water partition coefficient (Wildman–Crippen LogP) is 2.68. The van der Waals surface area contributed by atoms with Crippen molar-refractivity contribution < 1.29 is 29.5 Å². The zero-order chi connectivity index (χ0) is 21.5. The average Bonchev–Trinajstić information content (AvgIpc) is 3.09. The van der Waals surface area contributed by atoms with Crippen LogP contribution >= 0.6 is 11.6 Å². The lowest BCUT2D eigenvalue weighted by molar-refractivity contribution is -0.292. The molecule has 0 amide bonds. The van der Waals surface area contributed by atoms with Gasteiger partial charge in [-0.1, -0.05) is 30.3 Å². The molecule has 3 N–H and O–H groups in total.